The van der Waals surface area contributed by atoms with Crippen LogP contribution in [0.25, 0.3) is 0 Å². The number of phenolic OH excluding ortho intramolecular Hbond substituents is 1. The van der Waals surface area contributed by atoms with Crippen LogP contribution in [0.4, 0.5) is 0 Å². The van der Waals surface area contributed by atoms with E-state index in [1.54, 1.807) is 13.2 Å². The Kier molecular flexibility index (Phi) is 4.25. The van der Waals surface area contributed by atoms with Crippen molar-refractivity contribution in [2.24, 2.45) is 0 Å². The Morgan fingerprint density at radius 1 is 1.41 bits per heavy atom. The van der Waals surface area contributed by atoms with Crippen LogP contribution in [0.3, 0.4) is 0 Å². The Bertz CT molecular complexity index is 392. The molecule has 5 heteroatoms. The van der Waals surface area contributed by atoms with E-state index in [2.05, 4.69) is 26.1 Å². The summed E-state index contributed by atoms with van der Waals surface area (Å²) < 4.78 is 5.89. The number of phenols is 1. The number of halogens is 1. The number of ether oxygens (including phenoxy) is 1. The van der Waals surface area contributed by atoms with Gasteiger partial charge >= 0.3 is 0 Å². The Morgan fingerprint density at radius 3 is 2.76 bits per heavy atom. The van der Waals surface area contributed by atoms with Crippen LogP contribution in [0, 0.1) is 0 Å². The van der Waals surface area contributed by atoms with Crippen molar-refractivity contribution in [2.45, 2.75) is 6.54 Å². The van der Waals surface area contributed by atoms with E-state index in [1.807, 2.05) is 6.07 Å². The minimum absolute atomic E-state index is 0.310. The minimum Gasteiger partial charge on any atom is -0.506 e. The average molecular weight is 301 g/mol. The lowest BCUT2D eigenvalue weighted by molar-refractivity contribution is 0.230. The van der Waals surface area contributed by atoms with Crippen molar-refractivity contribution in [3.8, 4) is 11.5 Å². The molecule has 1 aliphatic heterocycles. The van der Waals surface area contributed by atoms with Gasteiger partial charge in [-0.1, -0.05) is 0 Å². The molecule has 0 saturated carbocycles. The monoisotopic (exact) mass is 300 g/mol. The first-order valence-electron chi connectivity index (χ1n) is 5.69. The molecule has 0 spiro atoms. The lowest BCUT2D eigenvalue weighted by Gasteiger charge is -2.27. The first kappa shape index (κ1) is 12.7. The van der Waals surface area contributed by atoms with Crippen LogP contribution in [0.2, 0.25) is 0 Å². The van der Waals surface area contributed by atoms with Gasteiger partial charge in [0.05, 0.1) is 11.6 Å². The maximum atomic E-state index is 10.0. The number of hydrogen-bond donors (Lipinski definition) is 2. The zero-order chi connectivity index (χ0) is 12.3. The summed E-state index contributed by atoms with van der Waals surface area (Å²) in [4.78, 5) is 2.32. The summed E-state index contributed by atoms with van der Waals surface area (Å²) in [7, 11) is 1.63. The molecule has 94 valence electrons. The van der Waals surface area contributed by atoms with Crippen LogP contribution in [-0.4, -0.2) is 43.3 Å². The van der Waals surface area contributed by atoms with Gasteiger partial charge in [0.25, 0.3) is 0 Å². The van der Waals surface area contributed by atoms with Gasteiger partial charge in [-0.2, -0.15) is 0 Å². The van der Waals surface area contributed by atoms with Gasteiger partial charge in [-0.15, -0.1) is 0 Å². The maximum Gasteiger partial charge on any atom is 0.134 e. The molecule has 0 radical (unpaired) electrons. The molecule has 1 aromatic rings. The van der Waals surface area contributed by atoms with Gasteiger partial charge in [0.1, 0.15) is 11.5 Å². The number of nitrogens with one attached hydrogen (secondary N) is 1. The molecule has 2 N–H and O–H groups in total. The molecule has 1 heterocycles. The summed E-state index contributed by atoms with van der Waals surface area (Å²) >= 11 is 3.34. The van der Waals surface area contributed by atoms with Gasteiger partial charge in [-0.05, 0) is 28.1 Å². The van der Waals surface area contributed by atoms with Crippen LogP contribution >= 0.6 is 15.9 Å². The van der Waals surface area contributed by atoms with Crippen molar-refractivity contribution in [3.05, 3.63) is 22.2 Å². The third kappa shape index (κ3) is 3.12. The van der Waals surface area contributed by atoms with Gasteiger partial charge in [-0.3, -0.25) is 4.90 Å². The molecule has 4 nitrogen and oxygen atoms in total. The van der Waals surface area contributed by atoms with Crippen LogP contribution in [0.5, 0.6) is 11.5 Å². The molecule has 0 unspecified atom stereocenters. The number of rotatable bonds is 3. The van der Waals surface area contributed by atoms with E-state index in [4.69, 9.17) is 4.74 Å². The molecular formula is C12H17BrN2O2. The first-order valence-corrected chi connectivity index (χ1v) is 6.48. The van der Waals surface area contributed by atoms with Gasteiger partial charge in [0, 0.05) is 38.3 Å². The molecule has 1 saturated heterocycles. The second kappa shape index (κ2) is 5.71. The summed E-state index contributed by atoms with van der Waals surface area (Å²) in [6.07, 6.45) is 0. The number of hydrogen-bond acceptors (Lipinski definition) is 4. The molecule has 0 atom stereocenters. The summed E-state index contributed by atoms with van der Waals surface area (Å²) in [5, 5.41) is 13.3. The van der Waals surface area contributed by atoms with E-state index in [0.717, 1.165) is 44.0 Å². The number of benzene rings is 1. The molecular weight excluding hydrogens is 284 g/mol. The van der Waals surface area contributed by atoms with E-state index < -0.39 is 0 Å². The predicted molar refractivity (Wildman–Crippen MR) is 70.5 cm³/mol. The van der Waals surface area contributed by atoms with Gasteiger partial charge in [-0.25, -0.2) is 0 Å². The molecule has 2 rings (SSSR count). The largest absolute Gasteiger partial charge is 0.506 e. The molecule has 1 fully saturated rings. The maximum absolute atomic E-state index is 10.0. The number of aromatic hydroxyl groups is 1. The zero-order valence-electron chi connectivity index (χ0n) is 9.87. The van der Waals surface area contributed by atoms with Crippen molar-refractivity contribution in [1.82, 2.24) is 10.2 Å². The van der Waals surface area contributed by atoms with Crippen molar-refractivity contribution in [3.63, 3.8) is 0 Å². The highest BCUT2D eigenvalue weighted by Crippen LogP contribution is 2.33. The fourth-order valence-electron chi connectivity index (χ4n) is 1.98. The fourth-order valence-corrected chi connectivity index (χ4v) is 2.46. The van der Waals surface area contributed by atoms with E-state index in [1.165, 1.54) is 0 Å². The Morgan fingerprint density at radius 2 is 2.12 bits per heavy atom. The van der Waals surface area contributed by atoms with Gasteiger partial charge < -0.3 is 15.2 Å². The third-order valence-electron chi connectivity index (χ3n) is 2.96. The Labute approximate surface area is 110 Å². The quantitative estimate of drug-likeness (QED) is 0.889. The van der Waals surface area contributed by atoms with E-state index in [0.29, 0.717) is 10.2 Å². The van der Waals surface area contributed by atoms with Crippen molar-refractivity contribution < 1.29 is 9.84 Å². The third-order valence-corrected chi connectivity index (χ3v) is 3.56. The van der Waals surface area contributed by atoms with E-state index in [9.17, 15) is 5.11 Å². The molecule has 1 aliphatic rings. The smallest absolute Gasteiger partial charge is 0.134 e. The van der Waals surface area contributed by atoms with Gasteiger partial charge in [0.15, 0.2) is 0 Å². The Balaban J connectivity index is 2.15. The molecule has 0 aromatic heterocycles. The highest BCUT2D eigenvalue weighted by atomic mass is 79.9. The topological polar surface area (TPSA) is 44.7 Å². The SMILES string of the molecule is COc1cc(Br)c(O)c(CN2CCNCC2)c1. The van der Waals surface area contributed by atoms with Crippen LogP contribution in [0.1, 0.15) is 5.56 Å². The summed E-state index contributed by atoms with van der Waals surface area (Å²) in [5.74, 6) is 1.07. The summed E-state index contributed by atoms with van der Waals surface area (Å²) in [6.45, 7) is 4.78. The number of piperazine rings is 1. The molecule has 0 amide bonds. The zero-order valence-corrected chi connectivity index (χ0v) is 11.5. The lowest BCUT2D eigenvalue weighted by atomic mass is 10.1. The summed E-state index contributed by atoms with van der Waals surface area (Å²) in [6, 6.07) is 3.67. The predicted octanol–water partition coefficient (Wildman–Crippen LogP) is 1.57. The number of methoxy groups -OCH3 is 1. The normalized spacial score (nSPS) is 17.1. The van der Waals surface area contributed by atoms with Crippen LogP contribution in [-0.2, 0) is 6.54 Å². The van der Waals surface area contributed by atoms with Crippen molar-refractivity contribution in [1.29, 1.82) is 0 Å². The first-order chi connectivity index (χ1) is 8.20. The molecule has 1 aromatic carbocycles. The second-order valence-electron chi connectivity index (χ2n) is 4.14. The molecule has 17 heavy (non-hydrogen) atoms. The lowest BCUT2D eigenvalue weighted by Crippen LogP contribution is -2.42. The van der Waals surface area contributed by atoms with Crippen LogP contribution in [0.15, 0.2) is 16.6 Å². The highest BCUT2D eigenvalue weighted by molar-refractivity contribution is 9.10. The van der Waals surface area contributed by atoms with E-state index in [-0.39, 0.29) is 0 Å². The number of nitrogens with zero attached hydrogens (tertiary/aromatic N) is 1. The molecule has 0 aliphatic carbocycles. The average Bonchev–Trinajstić information content (AvgIpc) is 2.36. The van der Waals surface area contributed by atoms with Gasteiger partial charge in [0.2, 0.25) is 0 Å². The standard InChI is InChI=1S/C12H17BrN2O2/c1-17-10-6-9(12(16)11(13)7-10)8-15-4-2-14-3-5-15/h6-7,14,16H,2-5,8H2,1H3. The van der Waals surface area contributed by atoms with Crippen molar-refractivity contribution >= 4 is 15.9 Å². The Hall–Kier alpha value is -0.780. The summed E-state index contributed by atoms with van der Waals surface area (Å²) in [5.41, 5.74) is 0.901. The van der Waals surface area contributed by atoms with Crippen molar-refractivity contribution in [2.75, 3.05) is 33.3 Å². The molecule has 0 bridgehead atoms. The highest BCUT2D eigenvalue weighted by Gasteiger charge is 2.14. The van der Waals surface area contributed by atoms with E-state index >= 15 is 0 Å². The fraction of sp³-hybridized carbons (Fsp3) is 0.500. The minimum atomic E-state index is 0.310. The second-order valence-corrected chi connectivity index (χ2v) is 5.00. The van der Waals surface area contributed by atoms with Crippen LogP contribution < -0.4 is 10.1 Å².